The molecule has 21 heavy (non-hydrogen) atoms. The van der Waals surface area contributed by atoms with Crippen LogP contribution >= 0.6 is 0 Å². The van der Waals surface area contributed by atoms with Gasteiger partial charge in [0.2, 0.25) is 0 Å². The van der Waals surface area contributed by atoms with Gasteiger partial charge in [-0.2, -0.15) is 0 Å². The van der Waals surface area contributed by atoms with E-state index < -0.39 is 5.97 Å². The molecular formula is C17H25NO3. The number of benzene rings is 1. The van der Waals surface area contributed by atoms with Crippen LogP contribution in [0.5, 0.6) is 0 Å². The van der Waals surface area contributed by atoms with Gasteiger partial charge in [-0.05, 0) is 42.4 Å². The Kier molecular flexibility index (Phi) is 6.92. The largest absolute Gasteiger partial charge is 0.481 e. The summed E-state index contributed by atoms with van der Waals surface area (Å²) in [5.41, 5.74) is 1.81. The molecule has 0 aliphatic rings. The van der Waals surface area contributed by atoms with Gasteiger partial charge in [-0.3, -0.25) is 9.59 Å². The van der Waals surface area contributed by atoms with Gasteiger partial charge in [0.25, 0.3) is 5.91 Å². The summed E-state index contributed by atoms with van der Waals surface area (Å²) >= 11 is 0. The topological polar surface area (TPSA) is 66.4 Å². The molecule has 0 aliphatic heterocycles. The zero-order chi connectivity index (χ0) is 15.8. The standard InChI is InChI=1S/C17H25NO3/c1-4-13-5-7-15(8-6-13)17(21)18-11-14(9-12(2)3)10-16(19)20/h5-8,12,14H,4,9-11H2,1-3H3,(H,18,21)(H,19,20). The normalized spacial score (nSPS) is 12.2. The van der Waals surface area contributed by atoms with Crippen LogP contribution < -0.4 is 5.32 Å². The Morgan fingerprint density at radius 2 is 1.81 bits per heavy atom. The summed E-state index contributed by atoms with van der Waals surface area (Å²) in [6, 6.07) is 7.50. The Bertz CT molecular complexity index is 465. The third-order valence-electron chi connectivity index (χ3n) is 3.44. The Labute approximate surface area is 126 Å². The highest BCUT2D eigenvalue weighted by atomic mass is 16.4. The van der Waals surface area contributed by atoms with E-state index in [-0.39, 0.29) is 18.2 Å². The summed E-state index contributed by atoms with van der Waals surface area (Å²) in [5, 5.41) is 11.8. The van der Waals surface area contributed by atoms with Gasteiger partial charge in [-0.15, -0.1) is 0 Å². The predicted octanol–water partition coefficient (Wildman–Crippen LogP) is 3.12. The number of aliphatic carboxylic acids is 1. The molecule has 116 valence electrons. The minimum Gasteiger partial charge on any atom is -0.481 e. The van der Waals surface area contributed by atoms with Crippen LogP contribution in [0.15, 0.2) is 24.3 Å². The van der Waals surface area contributed by atoms with E-state index in [1.54, 1.807) is 0 Å². The molecule has 0 aromatic heterocycles. The van der Waals surface area contributed by atoms with E-state index in [4.69, 9.17) is 5.11 Å². The van der Waals surface area contributed by atoms with Crippen molar-refractivity contribution >= 4 is 11.9 Å². The first-order valence-electron chi connectivity index (χ1n) is 7.51. The number of carboxylic acids is 1. The third-order valence-corrected chi connectivity index (χ3v) is 3.44. The number of carboxylic acid groups (broad SMARTS) is 1. The molecule has 4 heteroatoms. The van der Waals surface area contributed by atoms with Gasteiger partial charge in [0.05, 0.1) is 0 Å². The van der Waals surface area contributed by atoms with E-state index in [0.29, 0.717) is 18.0 Å². The van der Waals surface area contributed by atoms with Crippen molar-refractivity contribution in [2.24, 2.45) is 11.8 Å². The maximum Gasteiger partial charge on any atom is 0.303 e. The van der Waals surface area contributed by atoms with Crippen LogP contribution in [0.4, 0.5) is 0 Å². The summed E-state index contributed by atoms with van der Waals surface area (Å²) in [7, 11) is 0. The van der Waals surface area contributed by atoms with Gasteiger partial charge in [-0.1, -0.05) is 32.9 Å². The van der Waals surface area contributed by atoms with Crippen LogP contribution in [0.2, 0.25) is 0 Å². The van der Waals surface area contributed by atoms with Gasteiger partial charge in [-0.25, -0.2) is 0 Å². The van der Waals surface area contributed by atoms with E-state index in [1.165, 1.54) is 5.56 Å². The third kappa shape index (κ3) is 6.43. The molecule has 1 amide bonds. The lowest BCUT2D eigenvalue weighted by molar-refractivity contribution is -0.138. The molecule has 1 aromatic carbocycles. The van der Waals surface area contributed by atoms with Crippen molar-refractivity contribution in [3.8, 4) is 0 Å². The molecule has 0 saturated carbocycles. The maximum absolute atomic E-state index is 12.1. The smallest absolute Gasteiger partial charge is 0.303 e. The van der Waals surface area contributed by atoms with Crippen molar-refractivity contribution in [1.82, 2.24) is 5.32 Å². The Balaban J connectivity index is 2.56. The quantitative estimate of drug-likeness (QED) is 0.773. The van der Waals surface area contributed by atoms with Crippen LogP contribution in [0.1, 0.15) is 49.5 Å². The molecule has 1 atom stereocenters. The minimum atomic E-state index is -0.817. The molecule has 2 N–H and O–H groups in total. The summed E-state index contributed by atoms with van der Waals surface area (Å²) in [6.07, 6.45) is 1.82. The van der Waals surface area contributed by atoms with Gasteiger partial charge in [0.15, 0.2) is 0 Å². The molecule has 4 nitrogen and oxygen atoms in total. The lowest BCUT2D eigenvalue weighted by Gasteiger charge is -2.17. The first-order valence-corrected chi connectivity index (χ1v) is 7.51. The molecule has 1 aromatic rings. The van der Waals surface area contributed by atoms with Crippen molar-refractivity contribution < 1.29 is 14.7 Å². The predicted molar refractivity (Wildman–Crippen MR) is 83.4 cm³/mol. The second-order valence-electron chi connectivity index (χ2n) is 5.85. The number of aryl methyl sites for hydroxylation is 1. The first-order chi connectivity index (χ1) is 9.92. The van der Waals surface area contributed by atoms with Gasteiger partial charge >= 0.3 is 5.97 Å². The lowest BCUT2D eigenvalue weighted by atomic mass is 9.94. The fourth-order valence-electron chi connectivity index (χ4n) is 2.38. The molecule has 0 spiro atoms. The minimum absolute atomic E-state index is 0.0265. The molecule has 0 heterocycles. The van der Waals surface area contributed by atoms with E-state index in [9.17, 15) is 9.59 Å². The van der Waals surface area contributed by atoms with Crippen molar-refractivity contribution in [3.63, 3.8) is 0 Å². The average Bonchev–Trinajstić information content (AvgIpc) is 2.43. The highest BCUT2D eigenvalue weighted by molar-refractivity contribution is 5.94. The summed E-state index contributed by atoms with van der Waals surface area (Å²) in [5.74, 6) is -0.574. The number of nitrogens with one attached hydrogen (secondary N) is 1. The number of carbonyl (C=O) groups excluding carboxylic acids is 1. The summed E-state index contributed by atoms with van der Waals surface area (Å²) < 4.78 is 0. The first kappa shape index (κ1) is 17.2. The van der Waals surface area contributed by atoms with Crippen LogP contribution in [0.25, 0.3) is 0 Å². The van der Waals surface area contributed by atoms with Crippen LogP contribution in [-0.2, 0) is 11.2 Å². The van der Waals surface area contributed by atoms with Crippen molar-refractivity contribution in [2.75, 3.05) is 6.54 Å². The molecule has 1 unspecified atom stereocenters. The average molecular weight is 291 g/mol. The molecule has 1 rings (SSSR count). The molecular weight excluding hydrogens is 266 g/mol. The number of hydrogen-bond donors (Lipinski definition) is 2. The second-order valence-corrected chi connectivity index (χ2v) is 5.85. The summed E-state index contributed by atoms with van der Waals surface area (Å²) in [6.45, 7) is 6.58. The molecule has 0 fully saturated rings. The number of amides is 1. The van der Waals surface area contributed by atoms with E-state index in [0.717, 1.165) is 12.8 Å². The van der Waals surface area contributed by atoms with Gasteiger partial charge in [0, 0.05) is 18.5 Å². The fourth-order valence-corrected chi connectivity index (χ4v) is 2.38. The summed E-state index contributed by atoms with van der Waals surface area (Å²) in [4.78, 5) is 22.9. The second kappa shape index (κ2) is 8.45. The van der Waals surface area contributed by atoms with Crippen LogP contribution in [-0.4, -0.2) is 23.5 Å². The Hall–Kier alpha value is -1.84. The molecule has 0 radical (unpaired) electrons. The number of carbonyl (C=O) groups is 2. The lowest BCUT2D eigenvalue weighted by Crippen LogP contribution is -2.31. The highest BCUT2D eigenvalue weighted by Crippen LogP contribution is 2.15. The number of rotatable bonds is 8. The zero-order valence-corrected chi connectivity index (χ0v) is 13.1. The Morgan fingerprint density at radius 1 is 1.19 bits per heavy atom. The van der Waals surface area contributed by atoms with Crippen molar-refractivity contribution in [3.05, 3.63) is 35.4 Å². The van der Waals surface area contributed by atoms with Crippen molar-refractivity contribution in [1.29, 1.82) is 0 Å². The monoisotopic (exact) mass is 291 g/mol. The number of hydrogen-bond acceptors (Lipinski definition) is 2. The maximum atomic E-state index is 12.1. The molecule has 0 bridgehead atoms. The molecule has 0 saturated heterocycles. The zero-order valence-electron chi connectivity index (χ0n) is 13.1. The van der Waals surface area contributed by atoms with E-state index >= 15 is 0 Å². The van der Waals surface area contributed by atoms with E-state index in [1.807, 2.05) is 24.3 Å². The van der Waals surface area contributed by atoms with Crippen LogP contribution in [0.3, 0.4) is 0 Å². The van der Waals surface area contributed by atoms with Gasteiger partial charge in [0.1, 0.15) is 0 Å². The van der Waals surface area contributed by atoms with Gasteiger partial charge < -0.3 is 10.4 Å². The molecule has 0 aliphatic carbocycles. The van der Waals surface area contributed by atoms with Crippen LogP contribution in [0, 0.1) is 11.8 Å². The fraction of sp³-hybridized carbons (Fsp3) is 0.529. The SMILES string of the molecule is CCc1ccc(C(=O)NCC(CC(=O)O)CC(C)C)cc1. The highest BCUT2D eigenvalue weighted by Gasteiger charge is 2.16. The Morgan fingerprint density at radius 3 is 2.29 bits per heavy atom. The van der Waals surface area contributed by atoms with Crippen molar-refractivity contribution in [2.45, 2.75) is 40.0 Å². The van der Waals surface area contributed by atoms with E-state index in [2.05, 4.69) is 26.1 Å².